The van der Waals surface area contributed by atoms with Crippen molar-refractivity contribution in [2.45, 2.75) is 12.8 Å². The number of hydrogen-bond acceptors (Lipinski definition) is 4. The van der Waals surface area contributed by atoms with E-state index in [9.17, 15) is 9.59 Å². The summed E-state index contributed by atoms with van der Waals surface area (Å²) in [7, 11) is 0. The average molecular weight is 226 g/mol. The number of Topliss-reactive ketones (excluding diaryl/α,β-unsaturated/α-hetero) is 1. The van der Waals surface area contributed by atoms with Crippen LogP contribution in [0.15, 0.2) is 0 Å². The quantitative estimate of drug-likeness (QED) is 0.694. The van der Waals surface area contributed by atoms with E-state index >= 15 is 0 Å². The Morgan fingerprint density at radius 1 is 1.31 bits per heavy atom. The van der Waals surface area contributed by atoms with Gasteiger partial charge < -0.3 is 10.5 Å². The summed E-state index contributed by atoms with van der Waals surface area (Å²) in [5.41, 5.74) is 5.24. The summed E-state index contributed by atoms with van der Waals surface area (Å²) in [5, 5.41) is 0. The molecule has 2 saturated heterocycles. The van der Waals surface area contributed by atoms with Crippen LogP contribution in [0.2, 0.25) is 0 Å². The van der Waals surface area contributed by atoms with Gasteiger partial charge in [0.1, 0.15) is 0 Å². The fourth-order valence-corrected chi connectivity index (χ4v) is 2.35. The van der Waals surface area contributed by atoms with E-state index < -0.39 is 0 Å². The number of primary amides is 1. The molecule has 2 unspecified atom stereocenters. The van der Waals surface area contributed by atoms with Crippen LogP contribution >= 0.6 is 0 Å². The van der Waals surface area contributed by atoms with Crippen molar-refractivity contribution < 1.29 is 14.3 Å². The second-order valence-electron chi connectivity index (χ2n) is 4.65. The molecule has 0 aromatic heterocycles. The van der Waals surface area contributed by atoms with E-state index in [2.05, 4.69) is 0 Å². The highest BCUT2D eigenvalue weighted by molar-refractivity contribution is 5.83. The summed E-state index contributed by atoms with van der Waals surface area (Å²) in [6.07, 6.45) is 1.62. The maximum atomic E-state index is 11.8. The van der Waals surface area contributed by atoms with Gasteiger partial charge in [-0.2, -0.15) is 0 Å². The number of hydrogen-bond donors (Lipinski definition) is 1. The van der Waals surface area contributed by atoms with Crippen molar-refractivity contribution in [1.29, 1.82) is 0 Å². The molecule has 2 aliphatic heterocycles. The number of nitrogens with zero attached hydrogens (tertiary/aromatic N) is 1. The van der Waals surface area contributed by atoms with E-state index in [0.717, 1.165) is 19.4 Å². The van der Waals surface area contributed by atoms with E-state index in [1.54, 1.807) is 0 Å². The minimum absolute atomic E-state index is 0.0626. The first kappa shape index (κ1) is 11.5. The molecule has 2 rings (SSSR count). The lowest BCUT2D eigenvalue weighted by atomic mass is 10.0. The highest BCUT2D eigenvalue weighted by Gasteiger charge is 2.30. The Morgan fingerprint density at radius 3 is 2.69 bits per heavy atom. The van der Waals surface area contributed by atoms with Gasteiger partial charge in [-0.3, -0.25) is 14.5 Å². The van der Waals surface area contributed by atoms with Crippen LogP contribution in [0.4, 0.5) is 0 Å². The maximum Gasteiger partial charge on any atom is 0.221 e. The second kappa shape index (κ2) is 4.93. The van der Waals surface area contributed by atoms with Gasteiger partial charge >= 0.3 is 0 Å². The standard InChI is InChI=1S/C11H18N2O3/c12-11(15)8-1-3-13(5-8)6-10(14)9-2-4-16-7-9/h8-9H,1-7H2,(H2,12,15). The molecular weight excluding hydrogens is 208 g/mol. The number of nitrogens with two attached hydrogens (primary N) is 1. The Kier molecular flexibility index (Phi) is 3.56. The van der Waals surface area contributed by atoms with Gasteiger partial charge in [0.15, 0.2) is 5.78 Å². The predicted molar refractivity (Wildman–Crippen MR) is 57.7 cm³/mol. The second-order valence-corrected chi connectivity index (χ2v) is 4.65. The van der Waals surface area contributed by atoms with Crippen LogP contribution < -0.4 is 5.73 Å². The highest BCUT2D eigenvalue weighted by atomic mass is 16.5. The number of carbonyl (C=O) groups excluding carboxylic acids is 2. The van der Waals surface area contributed by atoms with E-state index in [1.807, 2.05) is 4.90 Å². The molecule has 1 amide bonds. The molecule has 2 heterocycles. The zero-order valence-electron chi connectivity index (χ0n) is 9.35. The number of amides is 1. The number of carbonyl (C=O) groups is 2. The Bertz CT molecular complexity index is 287. The lowest BCUT2D eigenvalue weighted by molar-refractivity contribution is -0.125. The van der Waals surface area contributed by atoms with Gasteiger partial charge in [-0.05, 0) is 19.4 Å². The topological polar surface area (TPSA) is 72.6 Å². The molecular formula is C11H18N2O3. The zero-order valence-corrected chi connectivity index (χ0v) is 9.35. The van der Waals surface area contributed by atoms with Gasteiger partial charge in [-0.15, -0.1) is 0 Å². The Hall–Kier alpha value is -0.940. The van der Waals surface area contributed by atoms with Crippen molar-refractivity contribution in [3.05, 3.63) is 0 Å². The molecule has 5 heteroatoms. The van der Waals surface area contributed by atoms with Gasteiger partial charge in [0.2, 0.25) is 5.91 Å². The first-order valence-corrected chi connectivity index (χ1v) is 5.79. The SMILES string of the molecule is NC(=O)C1CCN(CC(=O)C2CCOC2)C1. The third kappa shape index (κ3) is 2.59. The average Bonchev–Trinajstić information content (AvgIpc) is 2.87. The normalized spacial score (nSPS) is 30.8. The minimum Gasteiger partial charge on any atom is -0.381 e. The molecule has 90 valence electrons. The van der Waals surface area contributed by atoms with Crippen LogP contribution in [0, 0.1) is 11.8 Å². The molecule has 2 aliphatic rings. The summed E-state index contributed by atoms with van der Waals surface area (Å²) in [6.45, 7) is 3.13. The number of ketones is 1. The van der Waals surface area contributed by atoms with E-state index in [-0.39, 0.29) is 23.5 Å². The molecule has 2 N–H and O–H groups in total. The Labute approximate surface area is 94.9 Å². The van der Waals surface area contributed by atoms with Crippen molar-refractivity contribution >= 4 is 11.7 Å². The molecule has 0 bridgehead atoms. The molecule has 0 aromatic carbocycles. The smallest absolute Gasteiger partial charge is 0.221 e. The number of likely N-dealkylation sites (tertiary alicyclic amines) is 1. The van der Waals surface area contributed by atoms with Crippen molar-refractivity contribution in [2.24, 2.45) is 17.6 Å². The highest BCUT2D eigenvalue weighted by Crippen LogP contribution is 2.18. The third-order valence-corrected chi connectivity index (χ3v) is 3.44. The third-order valence-electron chi connectivity index (χ3n) is 3.44. The van der Waals surface area contributed by atoms with Gasteiger partial charge in [0.25, 0.3) is 0 Å². The maximum absolute atomic E-state index is 11.8. The van der Waals surface area contributed by atoms with Crippen molar-refractivity contribution in [3.8, 4) is 0 Å². The van der Waals surface area contributed by atoms with E-state index in [1.165, 1.54) is 0 Å². The van der Waals surface area contributed by atoms with Crippen LogP contribution in [0.3, 0.4) is 0 Å². The molecule has 0 saturated carbocycles. The molecule has 0 aliphatic carbocycles. The van der Waals surface area contributed by atoms with Gasteiger partial charge in [-0.25, -0.2) is 0 Å². The molecule has 0 radical (unpaired) electrons. The summed E-state index contributed by atoms with van der Waals surface area (Å²) in [5.74, 6) is -0.0259. The molecule has 2 fully saturated rings. The molecule has 0 aromatic rings. The summed E-state index contributed by atoms with van der Waals surface area (Å²) in [4.78, 5) is 24.8. The number of rotatable bonds is 4. The first-order chi connectivity index (χ1) is 7.66. The van der Waals surface area contributed by atoms with Crippen molar-refractivity contribution in [2.75, 3.05) is 32.8 Å². The summed E-state index contributed by atoms with van der Waals surface area (Å²) >= 11 is 0. The van der Waals surface area contributed by atoms with E-state index in [4.69, 9.17) is 10.5 Å². The Morgan fingerprint density at radius 2 is 2.12 bits per heavy atom. The first-order valence-electron chi connectivity index (χ1n) is 5.79. The molecule has 0 spiro atoms. The van der Waals surface area contributed by atoms with Crippen molar-refractivity contribution in [3.63, 3.8) is 0 Å². The molecule has 16 heavy (non-hydrogen) atoms. The van der Waals surface area contributed by atoms with Gasteiger partial charge in [0.05, 0.1) is 19.1 Å². The van der Waals surface area contributed by atoms with Crippen LogP contribution in [0.25, 0.3) is 0 Å². The fraction of sp³-hybridized carbons (Fsp3) is 0.818. The van der Waals surface area contributed by atoms with Gasteiger partial charge in [-0.1, -0.05) is 0 Å². The summed E-state index contributed by atoms with van der Waals surface area (Å²) in [6, 6.07) is 0. The molecule has 2 atom stereocenters. The zero-order chi connectivity index (χ0) is 11.5. The van der Waals surface area contributed by atoms with Gasteiger partial charge in [0, 0.05) is 19.1 Å². The largest absolute Gasteiger partial charge is 0.381 e. The summed E-state index contributed by atoms with van der Waals surface area (Å²) < 4.78 is 5.19. The van der Waals surface area contributed by atoms with Crippen LogP contribution in [-0.2, 0) is 14.3 Å². The lowest BCUT2D eigenvalue weighted by Gasteiger charge is -2.16. The molecule has 5 nitrogen and oxygen atoms in total. The van der Waals surface area contributed by atoms with Crippen LogP contribution in [0.1, 0.15) is 12.8 Å². The monoisotopic (exact) mass is 226 g/mol. The van der Waals surface area contributed by atoms with Crippen LogP contribution in [-0.4, -0.2) is 49.4 Å². The fourth-order valence-electron chi connectivity index (χ4n) is 2.35. The predicted octanol–water partition coefficient (Wildman–Crippen LogP) is -0.601. The Balaban J connectivity index is 1.78. The van der Waals surface area contributed by atoms with Crippen molar-refractivity contribution in [1.82, 2.24) is 4.90 Å². The van der Waals surface area contributed by atoms with E-state index in [0.29, 0.717) is 26.3 Å². The number of ether oxygens (including phenoxy) is 1. The van der Waals surface area contributed by atoms with Crippen LogP contribution in [0.5, 0.6) is 0 Å². The lowest BCUT2D eigenvalue weighted by Crippen LogP contribution is -2.33. The minimum atomic E-state index is -0.251.